The Morgan fingerprint density at radius 2 is 2.29 bits per heavy atom. The van der Waals surface area contributed by atoms with E-state index in [2.05, 4.69) is 10.3 Å². The zero-order chi connectivity index (χ0) is 9.97. The predicted octanol–water partition coefficient (Wildman–Crippen LogP) is 2.32. The van der Waals surface area contributed by atoms with Crippen LogP contribution >= 0.6 is 11.8 Å². The summed E-state index contributed by atoms with van der Waals surface area (Å²) in [5.74, 6) is -0.121. The summed E-state index contributed by atoms with van der Waals surface area (Å²) in [5, 5.41) is 4.79. The van der Waals surface area contributed by atoms with E-state index in [1.54, 1.807) is 6.92 Å². The van der Waals surface area contributed by atoms with E-state index >= 15 is 0 Å². The van der Waals surface area contributed by atoms with E-state index in [-0.39, 0.29) is 5.91 Å². The number of carbonyl (C=O) groups excluding carboxylic acids is 1. The normalized spacial score (nSPS) is 16.5. The number of benzene rings is 1. The number of hydrogen-bond acceptors (Lipinski definition) is 2. The first kappa shape index (κ1) is 9.27. The van der Waals surface area contributed by atoms with Gasteiger partial charge in [-0.05, 0) is 23.9 Å². The Morgan fingerprint density at radius 3 is 3.00 bits per heavy atom. The highest BCUT2D eigenvalue weighted by molar-refractivity contribution is 8.14. The van der Waals surface area contributed by atoms with Crippen LogP contribution in [0.4, 0.5) is 5.69 Å². The van der Waals surface area contributed by atoms with Gasteiger partial charge in [0.25, 0.3) is 0 Å². The van der Waals surface area contributed by atoms with Crippen LogP contribution in [0.3, 0.4) is 0 Å². The number of fused-ring (bicyclic) bond motifs is 1. The van der Waals surface area contributed by atoms with Crippen LogP contribution in [-0.2, 0) is 4.79 Å². The lowest BCUT2D eigenvalue weighted by molar-refractivity contribution is -0.117. The molecule has 1 aliphatic heterocycles. The largest absolute Gasteiger partial charge is 0.273 e. The van der Waals surface area contributed by atoms with Gasteiger partial charge in [-0.25, -0.2) is 5.32 Å². The molecule has 14 heavy (non-hydrogen) atoms. The van der Waals surface area contributed by atoms with E-state index in [4.69, 9.17) is 0 Å². The van der Waals surface area contributed by atoms with Crippen molar-refractivity contribution in [2.75, 3.05) is 0 Å². The molecule has 3 nitrogen and oxygen atoms in total. The van der Waals surface area contributed by atoms with Gasteiger partial charge in [-0.15, -0.1) is 0 Å². The minimum Gasteiger partial charge on any atom is -0.273 e. The number of amides is 1. The van der Waals surface area contributed by atoms with Crippen LogP contribution in [0.5, 0.6) is 0 Å². The maximum atomic E-state index is 11.1. The molecule has 0 bridgehead atoms. The van der Waals surface area contributed by atoms with Gasteiger partial charge in [-0.3, -0.25) is 4.79 Å². The lowest BCUT2D eigenvalue weighted by atomic mass is 10.3. The average Bonchev–Trinajstić information content (AvgIpc) is 2.59. The van der Waals surface area contributed by atoms with E-state index < -0.39 is 0 Å². The number of para-hydroxylation sites is 1. The number of rotatable bonds is 1. The third-order valence-corrected chi connectivity index (χ3v) is 2.74. The quantitative estimate of drug-likeness (QED) is 0.706. The van der Waals surface area contributed by atoms with E-state index in [9.17, 15) is 4.79 Å². The summed E-state index contributed by atoms with van der Waals surface area (Å²) in [6, 6.07) is 7.77. The molecule has 1 amide bonds. The number of thioether (sulfide) groups is 1. The molecule has 1 aromatic carbocycles. The Morgan fingerprint density at radius 1 is 1.50 bits per heavy atom. The highest BCUT2D eigenvalue weighted by Gasteiger charge is 2.18. The number of aliphatic imine (C=N–C) groups is 1. The highest BCUT2D eigenvalue weighted by atomic mass is 32.2. The van der Waals surface area contributed by atoms with Crippen molar-refractivity contribution in [2.24, 2.45) is 4.99 Å². The first-order valence-electron chi connectivity index (χ1n) is 4.39. The fourth-order valence-electron chi connectivity index (χ4n) is 1.09. The second-order valence-electron chi connectivity index (χ2n) is 2.82. The smallest absolute Gasteiger partial charge is 0.247 e. The van der Waals surface area contributed by atoms with Crippen molar-refractivity contribution in [3.8, 4) is 0 Å². The molecular formula is C10H9N2OS. The standard InChI is InChI=1S/C10H9N2OS/c1-2-9(13)12-10-11-7-5-3-4-6-8(7)14-10/h3-6H,2H2,1H3/b12-10+. The summed E-state index contributed by atoms with van der Waals surface area (Å²) in [6.07, 6.45) is 0.427. The fourth-order valence-corrected chi connectivity index (χ4v) is 1.95. The summed E-state index contributed by atoms with van der Waals surface area (Å²) in [5.41, 5.74) is 0.903. The SMILES string of the molecule is CCC(=O)/N=C1\[N]c2ccccc2S1. The third kappa shape index (κ3) is 1.80. The second kappa shape index (κ2) is 3.84. The van der Waals surface area contributed by atoms with Crippen LogP contribution in [-0.4, -0.2) is 11.1 Å². The van der Waals surface area contributed by atoms with Gasteiger partial charge in [0.1, 0.15) is 0 Å². The topological polar surface area (TPSA) is 43.5 Å². The molecule has 1 aliphatic rings. The minimum atomic E-state index is -0.121. The molecule has 0 N–H and O–H groups in total. The summed E-state index contributed by atoms with van der Waals surface area (Å²) < 4.78 is 0. The Kier molecular flexibility index (Phi) is 2.54. The van der Waals surface area contributed by atoms with Crippen molar-refractivity contribution < 1.29 is 4.79 Å². The minimum absolute atomic E-state index is 0.121. The molecule has 1 aromatic rings. The Bertz CT molecular complexity index is 374. The van der Waals surface area contributed by atoms with Crippen molar-refractivity contribution in [1.82, 2.24) is 5.32 Å². The van der Waals surface area contributed by atoms with Gasteiger partial charge in [-0.2, -0.15) is 4.99 Å². The summed E-state index contributed by atoms with van der Waals surface area (Å²) in [6.45, 7) is 1.79. The molecular weight excluding hydrogens is 196 g/mol. The number of hydrogen-bond donors (Lipinski definition) is 0. The lowest BCUT2D eigenvalue weighted by Crippen LogP contribution is -2.03. The Balaban J connectivity index is 2.19. The van der Waals surface area contributed by atoms with Gasteiger partial charge in [0.15, 0.2) is 5.17 Å². The van der Waals surface area contributed by atoms with Crippen LogP contribution in [0.25, 0.3) is 0 Å². The van der Waals surface area contributed by atoms with Crippen LogP contribution in [0.1, 0.15) is 13.3 Å². The number of amidine groups is 1. The van der Waals surface area contributed by atoms with E-state index in [1.807, 2.05) is 24.3 Å². The maximum Gasteiger partial charge on any atom is 0.247 e. The van der Waals surface area contributed by atoms with Crippen molar-refractivity contribution in [1.29, 1.82) is 0 Å². The molecule has 0 unspecified atom stereocenters. The predicted molar refractivity (Wildman–Crippen MR) is 56.8 cm³/mol. The average molecular weight is 205 g/mol. The zero-order valence-electron chi connectivity index (χ0n) is 7.73. The summed E-state index contributed by atoms with van der Waals surface area (Å²) in [4.78, 5) is 16.0. The zero-order valence-corrected chi connectivity index (χ0v) is 8.54. The molecule has 0 aromatic heterocycles. The second-order valence-corrected chi connectivity index (χ2v) is 3.83. The van der Waals surface area contributed by atoms with Gasteiger partial charge >= 0.3 is 0 Å². The van der Waals surface area contributed by atoms with Gasteiger partial charge in [0.2, 0.25) is 5.91 Å². The van der Waals surface area contributed by atoms with E-state index in [0.717, 1.165) is 10.6 Å². The van der Waals surface area contributed by atoms with Crippen molar-refractivity contribution in [3.63, 3.8) is 0 Å². The first-order chi connectivity index (χ1) is 6.79. The molecule has 2 rings (SSSR count). The Hall–Kier alpha value is -1.29. The summed E-state index contributed by atoms with van der Waals surface area (Å²) >= 11 is 1.44. The fraction of sp³-hybridized carbons (Fsp3) is 0.200. The van der Waals surface area contributed by atoms with Crippen molar-refractivity contribution >= 4 is 28.5 Å². The molecule has 0 saturated carbocycles. The maximum absolute atomic E-state index is 11.1. The molecule has 1 heterocycles. The first-order valence-corrected chi connectivity index (χ1v) is 5.21. The number of carbonyl (C=O) groups is 1. The molecule has 1 radical (unpaired) electrons. The van der Waals surface area contributed by atoms with Gasteiger partial charge in [0, 0.05) is 11.3 Å². The van der Waals surface area contributed by atoms with Crippen molar-refractivity contribution in [2.45, 2.75) is 18.2 Å². The van der Waals surface area contributed by atoms with Crippen LogP contribution < -0.4 is 5.32 Å². The van der Waals surface area contributed by atoms with Gasteiger partial charge in [-0.1, -0.05) is 19.1 Å². The van der Waals surface area contributed by atoms with E-state index in [1.165, 1.54) is 11.8 Å². The lowest BCUT2D eigenvalue weighted by Gasteiger charge is -1.91. The third-order valence-electron chi connectivity index (χ3n) is 1.81. The van der Waals surface area contributed by atoms with Gasteiger partial charge in [0.05, 0.1) is 5.69 Å². The molecule has 71 valence electrons. The molecule has 0 atom stereocenters. The molecule has 0 saturated heterocycles. The summed E-state index contributed by atoms with van der Waals surface area (Å²) in [7, 11) is 0. The van der Waals surface area contributed by atoms with Crippen LogP contribution in [0.15, 0.2) is 34.2 Å². The molecule has 0 aliphatic carbocycles. The molecule has 0 spiro atoms. The Labute approximate surface area is 86.6 Å². The molecule has 0 fully saturated rings. The molecule has 4 heteroatoms. The van der Waals surface area contributed by atoms with Crippen molar-refractivity contribution in [3.05, 3.63) is 24.3 Å². The van der Waals surface area contributed by atoms with Gasteiger partial charge < -0.3 is 0 Å². The highest BCUT2D eigenvalue weighted by Crippen LogP contribution is 2.35. The number of nitrogens with zero attached hydrogens (tertiary/aromatic N) is 2. The van der Waals surface area contributed by atoms with Crippen LogP contribution in [0, 0.1) is 0 Å². The van der Waals surface area contributed by atoms with E-state index in [0.29, 0.717) is 11.6 Å². The monoisotopic (exact) mass is 205 g/mol. The van der Waals surface area contributed by atoms with Crippen LogP contribution in [0.2, 0.25) is 0 Å².